The maximum Gasteiger partial charge on any atom is 0.323 e. The standard InChI is InChI=1S/C14H13FN2O2/c1-9-12(3-2-4-13(9)18)17-14(19)16-11-7-5-10(15)6-8-11/h2-8,18H,1H3,(H2,16,17,19). The first-order chi connectivity index (χ1) is 9.06. The monoisotopic (exact) mass is 260 g/mol. The number of phenolic OH excluding ortho intramolecular Hbond substituents is 1. The minimum absolute atomic E-state index is 0.111. The number of nitrogens with one attached hydrogen (secondary N) is 2. The van der Waals surface area contributed by atoms with Gasteiger partial charge in [-0.15, -0.1) is 0 Å². The first-order valence-corrected chi connectivity index (χ1v) is 5.68. The molecule has 3 N–H and O–H groups in total. The highest BCUT2D eigenvalue weighted by atomic mass is 19.1. The average Bonchev–Trinajstić information content (AvgIpc) is 2.38. The molecule has 4 nitrogen and oxygen atoms in total. The Labute approximate surface area is 109 Å². The van der Waals surface area contributed by atoms with Gasteiger partial charge in [-0.25, -0.2) is 9.18 Å². The number of rotatable bonds is 2. The van der Waals surface area contributed by atoms with Gasteiger partial charge in [-0.05, 0) is 43.3 Å². The molecule has 0 saturated heterocycles. The number of hydrogen-bond acceptors (Lipinski definition) is 2. The molecule has 2 rings (SSSR count). The number of halogens is 1. The van der Waals surface area contributed by atoms with E-state index >= 15 is 0 Å². The molecular weight excluding hydrogens is 247 g/mol. The Morgan fingerprint density at radius 2 is 1.79 bits per heavy atom. The van der Waals surface area contributed by atoms with Gasteiger partial charge < -0.3 is 15.7 Å². The predicted molar refractivity (Wildman–Crippen MR) is 71.9 cm³/mol. The van der Waals surface area contributed by atoms with Crippen LogP contribution in [0.25, 0.3) is 0 Å². The molecule has 98 valence electrons. The summed E-state index contributed by atoms with van der Waals surface area (Å²) in [4.78, 5) is 11.7. The fourth-order valence-corrected chi connectivity index (χ4v) is 1.58. The van der Waals surface area contributed by atoms with E-state index in [2.05, 4.69) is 10.6 Å². The minimum Gasteiger partial charge on any atom is -0.508 e. The summed E-state index contributed by atoms with van der Waals surface area (Å²) < 4.78 is 12.7. The van der Waals surface area contributed by atoms with Crippen molar-refractivity contribution in [2.75, 3.05) is 10.6 Å². The van der Waals surface area contributed by atoms with Gasteiger partial charge in [0.15, 0.2) is 0 Å². The van der Waals surface area contributed by atoms with Crippen molar-refractivity contribution in [2.45, 2.75) is 6.92 Å². The summed E-state index contributed by atoms with van der Waals surface area (Å²) in [5.74, 6) is -0.255. The van der Waals surface area contributed by atoms with Gasteiger partial charge in [0.25, 0.3) is 0 Å². The molecule has 0 atom stereocenters. The first-order valence-electron chi connectivity index (χ1n) is 5.68. The van der Waals surface area contributed by atoms with Crippen LogP contribution in [0.1, 0.15) is 5.56 Å². The van der Waals surface area contributed by atoms with E-state index < -0.39 is 6.03 Å². The fraction of sp³-hybridized carbons (Fsp3) is 0.0714. The van der Waals surface area contributed by atoms with E-state index in [4.69, 9.17) is 0 Å². The summed E-state index contributed by atoms with van der Waals surface area (Å²) in [5.41, 5.74) is 1.58. The van der Waals surface area contributed by atoms with E-state index in [9.17, 15) is 14.3 Å². The van der Waals surface area contributed by atoms with Gasteiger partial charge in [-0.3, -0.25) is 0 Å². The van der Waals surface area contributed by atoms with E-state index in [1.807, 2.05) is 0 Å². The van der Waals surface area contributed by atoms with Crippen molar-refractivity contribution < 1.29 is 14.3 Å². The molecule has 0 saturated carbocycles. The topological polar surface area (TPSA) is 61.4 Å². The van der Waals surface area contributed by atoms with E-state index in [1.54, 1.807) is 25.1 Å². The Kier molecular flexibility index (Phi) is 3.66. The third-order valence-electron chi connectivity index (χ3n) is 2.66. The zero-order valence-electron chi connectivity index (χ0n) is 10.3. The Morgan fingerprint density at radius 1 is 1.11 bits per heavy atom. The highest BCUT2D eigenvalue weighted by Crippen LogP contribution is 2.23. The Morgan fingerprint density at radius 3 is 2.47 bits per heavy atom. The summed E-state index contributed by atoms with van der Waals surface area (Å²) in [6.45, 7) is 1.70. The molecule has 0 spiro atoms. The number of benzene rings is 2. The van der Waals surface area contributed by atoms with Crippen molar-refractivity contribution in [1.29, 1.82) is 0 Å². The van der Waals surface area contributed by atoms with Crippen LogP contribution in [0.5, 0.6) is 5.75 Å². The van der Waals surface area contributed by atoms with Crippen LogP contribution in [0.4, 0.5) is 20.6 Å². The molecular formula is C14H13FN2O2. The molecule has 0 aliphatic heterocycles. The van der Waals surface area contributed by atoms with Crippen LogP contribution in [-0.4, -0.2) is 11.1 Å². The molecule has 0 bridgehead atoms. The summed E-state index contributed by atoms with van der Waals surface area (Å²) in [6.07, 6.45) is 0. The van der Waals surface area contributed by atoms with Crippen LogP contribution in [0.15, 0.2) is 42.5 Å². The van der Waals surface area contributed by atoms with E-state index in [0.717, 1.165) is 0 Å². The molecule has 0 radical (unpaired) electrons. The second-order valence-electron chi connectivity index (χ2n) is 4.04. The summed E-state index contributed by atoms with van der Waals surface area (Å²) >= 11 is 0. The van der Waals surface area contributed by atoms with Crippen LogP contribution in [0.3, 0.4) is 0 Å². The second-order valence-corrected chi connectivity index (χ2v) is 4.04. The van der Waals surface area contributed by atoms with Crippen LogP contribution in [-0.2, 0) is 0 Å². The molecule has 5 heteroatoms. The molecule has 2 aromatic carbocycles. The smallest absolute Gasteiger partial charge is 0.323 e. The normalized spacial score (nSPS) is 10.0. The Hall–Kier alpha value is -2.56. The van der Waals surface area contributed by atoms with Crippen molar-refractivity contribution >= 4 is 17.4 Å². The van der Waals surface area contributed by atoms with Gasteiger partial charge in [0.05, 0.1) is 0 Å². The SMILES string of the molecule is Cc1c(O)cccc1NC(=O)Nc1ccc(F)cc1. The predicted octanol–water partition coefficient (Wildman–Crippen LogP) is 3.48. The largest absolute Gasteiger partial charge is 0.508 e. The third kappa shape index (κ3) is 3.22. The number of urea groups is 1. The number of aromatic hydroxyl groups is 1. The van der Waals surface area contributed by atoms with Gasteiger partial charge >= 0.3 is 6.03 Å². The van der Waals surface area contributed by atoms with Gasteiger partial charge in [0.2, 0.25) is 0 Å². The average molecular weight is 260 g/mol. The molecule has 0 heterocycles. The zero-order chi connectivity index (χ0) is 13.8. The second kappa shape index (κ2) is 5.39. The Balaban J connectivity index is 2.05. The number of amides is 2. The van der Waals surface area contributed by atoms with E-state index in [0.29, 0.717) is 16.9 Å². The molecule has 2 aromatic rings. The van der Waals surface area contributed by atoms with Crippen molar-refractivity contribution in [1.82, 2.24) is 0 Å². The molecule has 0 unspecified atom stereocenters. The lowest BCUT2D eigenvalue weighted by Crippen LogP contribution is -2.19. The molecule has 0 aliphatic carbocycles. The highest BCUT2D eigenvalue weighted by Gasteiger charge is 2.07. The van der Waals surface area contributed by atoms with Gasteiger partial charge in [0.1, 0.15) is 11.6 Å². The number of anilines is 2. The quantitative estimate of drug-likeness (QED) is 0.774. The van der Waals surface area contributed by atoms with Crippen molar-refractivity contribution in [3.63, 3.8) is 0 Å². The number of carbonyl (C=O) groups is 1. The Bertz CT molecular complexity index is 597. The zero-order valence-corrected chi connectivity index (χ0v) is 10.3. The number of carbonyl (C=O) groups excluding carboxylic acids is 1. The third-order valence-corrected chi connectivity index (χ3v) is 2.66. The van der Waals surface area contributed by atoms with Crippen molar-refractivity contribution in [3.8, 4) is 5.75 Å². The maximum atomic E-state index is 12.7. The summed E-state index contributed by atoms with van der Waals surface area (Å²) in [5, 5.41) is 14.7. The van der Waals surface area contributed by atoms with Crippen LogP contribution < -0.4 is 10.6 Å². The van der Waals surface area contributed by atoms with E-state index in [1.165, 1.54) is 24.3 Å². The first kappa shape index (κ1) is 12.9. The van der Waals surface area contributed by atoms with Crippen molar-refractivity contribution in [2.24, 2.45) is 0 Å². The van der Waals surface area contributed by atoms with Crippen LogP contribution in [0, 0.1) is 12.7 Å². The molecule has 2 amide bonds. The van der Waals surface area contributed by atoms with E-state index in [-0.39, 0.29) is 11.6 Å². The molecule has 0 aliphatic rings. The molecule has 0 aromatic heterocycles. The lowest BCUT2D eigenvalue weighted by molar-refractivity contribution is 0.262. The highest BCUT2D eigenvalue weighted by molar-refractivity contribution is 6.00. The summed E-state index contributed by atoms with van der Waals surface area (Å²) in [6, 6.07) is 9.84. The van der Waals surface area contributed by atoms with Gasteiger partial charge in [0, 0.05) is 16.9 Å². The van der Waals surface area contributed by atoms with Crippen LogP contribution >= 0.6 is 0 Å². The molecule has 19 heavy (non-hydrogen) atoms. The van der Waals surface area contributed by atoms with Crippen LogP contribution in [0.2, 0.25) is 0 Å². The van der Waals surface area contributed by atoms with Crippen molar-refractivity contribution in [3.05, 3.63) is 53.8 Å². The fourth-order valence-electron chi connectivity index (χ4n) is 1.58. The minimum atomic E-state index is -0.458. The summed E-state index contributed by atoms with van der Waals surface area (Å²) in [7, 11) is 0. The molecule has 0 fully saturated rings. The lowest BCUT2D eigenvalue weighted by atomic mass is 10.2. The lowest BCUT2D eigenvalue weighted by Gasteiger charge is -2.10. The number of phenols is 1. The number of hydrogen-bond donors (Lipinski definition) is 3. The van der Waals surface area contributed by atoms with Gasteiger partial charge in [-0.2, -0.15) is 0 Å². The van der Waals surface area contributed by atoms with Gasteiger partial charge in [-0.1, -0.05) is 6.07 Å². The maximum absolute atomic E-state index is 12.7.